The Morgan fingerprint density at radius 3 is 2.61 bits per heavy atom. The van der Waals surface area contributed by atoms with Crippen LogP contribution in [0.2, 0.25) is 0 Å². The molecule has 0 bridgehead atoms. The Hall–Kier alpha value is -2.33. The third-order valence-corrected chi connectivity index (χ3v) is 2.48. The van der Waals surface area contributed by atoms with Crippen LogP contribution >= 0.6 is 0 Å². The first-order valence-corrected chi connectivity index (χ1v) is 5.57. The fourth-order valence-corrected chi connectivity index (χ4v) is 1.54. The first kappa shape index (κ1) is 12.1. The predicted molar refractivity (Wildman–Crippen MR) is 69.8 cm³/mol. The minimum Gasteiger partial charge on any atom is -0.457 e. The summed E-state index contributed by atoms with van der Waals surface area (Å²) in [6.07, 6.45) is 0. The average Bonchev–Trinajstić information content (AvgIpc) is 2.46. The van der Waals surface area contributed by atoms with Gasteiger partial charge >= 0.3 is 5.97 Å². The second-order valence-corrected chi connectivity index (χ2v) is 3.79. The zero-order chi connectivity index (χ0) is 12.8. The zero-order valence-corrected chi connectivity index (χ0v) is 9.80. The first-order chi connectivity index (χ1) is 8.79. The van der Waals surface area contributed by atoms with Crippen LogP contribution in [0.3, 0.4) is 0 Å². The lowest BCUT2D eigenvalue weighted by Crippen LogP contribution is -2.09. The highest BCUT2D eigenvalue weighted by molar-refractivity contribution is 5.90. The van der Waals surface area contributed by atoms with E-state index in [-0.39, 0.29) is 12.6 Å². The number of nitrogen functional groups attached to an aromatic ring is 1. The number of carbonyl (C=O) groups is 1. The molecular formula is C14H14N2O2. The largest absolute Gasteiger partial charge is 0.457 e. The molecule has 2 aromatic carbocycles. The third-order valence-electron chi connectivity index (χ3n) is 2.48. The summed E-state index contributed by atoms with van der Waals surface area (Å²) < 4.78 is 5.21. The summed E-state index contributed by atoms with van der Waals surface area (Å²) >= 11 is 0. The van der Waals surface area contributed by atoms with Gasteiger partial charge in [0.1, 0.15) is 6.61 Å². The van der Waals surface area contributed by atoms with E-state index in [0.717, 1.165) is 5.56 Å². The summed E-state index contributed by atoms with van der Waals surface area (Å²) in [5.41, 5.74) is 4.59. The molecule has 3 N–H and O–H groups in total. The van der Waals surface area contributed by atoms with Gasteiger partial charge in [0.15, 0.2) is 0 Å². The van der Waals surface area contributed by atoms with Crippen LogP contribution in [0.4, 0.5) is 5.69 Å². The highest BCUT2D eigenvalue weighted by atomic mass is 16.5. The number of hydrazine groups is 1. The lowest BCUT2D eigenvalue weighted by atomic mass is 10.2. The fourth-order valence-electron chi connectivity index (χ4n) is 1.54. The topological polar surface area (TPSA) is 64.3 Å². The second-order valence-electron chi connectivity index (χ2n) is 3.79. The van der Waals surface area contributed by atoms with Crippen LogP contribution in [0.25, 0.3) is 0 Å². The Morgan fingerprint density at radius 2 is 1.89 bits per heavy atom. The van der Waals surface area contributed by atoms with Crippen LogP contribution in [-0.2, 0) is 11.3 Å². The molecule has 0 aliphatic heterocycles. The van der Waals surface area contributed by atoms with E-state index < -0.39 is 0 Å². The van der Waals surface area contributed by atoms with Crippen molar-refractivity contribution in [1.29, 1.82) is 0 Å². The number of nitrogens with one attached hydrogen (secondary N) is 1. The lowest BCUT2D eigenvalue weighted by Gasteiger charge is -2.06. The van der Waals surface area contributed by atoms with Gasteiger partial charge in [-0.2, -0.15) is 0 Å². The van der Waals surface area contributed by atoms with E-state index in [4.69, 9.17) is 10.6 Å². The molecule has 0 saturated carbocycles. The third kappa shape index (κ3) is 3.09. The summed E-state index contributed by atoms with van der Waals surface area (Å²) in [6.45, 7) is 0.264. The zero-order valence-electron chi connectivity index (χ0n) is 9.80. The summed E-state index contributed by atoms with van der Waals surface area (Å²) in [4.78, 5) is 11.8. The molecule has 0 radical (unpaired) electrons. The lowest BCUT2D eigenvalue weighted by molar-refractivity contribution is 0.0473. The summed E-state index contributed by atoms with van der Waals surface area (Å²) in [6, 6.07) is 16.4. The molecule has 2 rings (SSSR count). The molecule has 0 amide bonds. The van der Waals surface area contributed by atoms with Crippen molar-refractivity contribution in [3.8, 4) is 0 Å². The summed E-state index contributed by atoms with van der Waals surface area (Å²) in [7, 11) is 0. The monoisotopic (exact) mass is 242 g/mol. The van der Waals surface area contributed by atoms with Gasteiger partial charge in [-0.3, -0.25) is 5.84 Å². The highest BCUT2D eigenvalue weighted by Gasteiger charge is 2.07. The number of hydrogen-bond acceptors (Lipinski definition) is 4. The molecule has 0 aliphatic carbocycles. The molecule has 0 fully saturated rings. The van der Waals surface area contributed by atoms with E-state index in [1.54, 1.807) is 24.3 Å². The van der Waals surface area contributed by atoms with Crippen molar-refractivity contribution >= 4 is 11.7 Å². The van der Waals surface area contributed by atoms with Gasteiger partial charge < -0.3 is 10.2 Å². The molecule has 0 spiro atoms. The number of esters is 1. The average molecular weight is 242 g/mol. The van der Waals surface area contributed by atoms with Crippen LogP contribution in [0.1, 0.15) is 15.9 Å². The molecule has 4 heteroatoms. The van der Waals surface area contributed by atoms with Crippen molar-refractivity contribution in [2.45, 2.75) is 6.61 Å². The molecule has 0 heterocycles. The van der Waals surface area contributed by atoms with Gasteiger partial charge in [-0.1, -0.05) is 36.4 Å². The number of anilines is 1. The number of ether oxygens (including phenoxy) is 1. The van der Waals surface area contributed by atoms with Crippen molar-refractivity contribution in [3.63, 3.8) is 0 Å². The number of benzene rings is 2. The van der Waals surface area contributed by atoms with Crippen LogP contribution in [0.5, 0.6) is 0 Å². The van der Waals surface area contributed by atoms with E-state index in [2.05, 4.69) is 5.43 Å². The molecule has 18 heavy (non-hydrogen) atoms. The molecule has 0 atom stereocenters. The molecule has 4 nitrogen and oxygen atoms in total. The van der Waals surface area contributed by atoms with E-state index in [1.165, 1.54) is 0 Å². The number of nitrogens with two attached hydrogens (primary N) is 1. The number of carbonyl (C=O) groups excluding carboxylic acids is 1. The van der Waals surface area contributed by atoms with Crippen molar-refractivity contribution in [2.75, 3.05) is 5.43 Å². The molecule has 0 saturated heterocycles. The first-order valence-electron chi connectivity index (χ1n) is 5.57. The number of rotatable bonds is 4. The van der Waals surface area contributed by atoms with Crippen LogP contribution < -0.4 is 11.3 Å². The minimum atomic E-state index is -0.365. The van der Waals surface area contributed by atoms with Crippen LogP contribution in [0.15, 0.2) is 54.6 Å². The Kier molecular flexibility index (Phi) is 3.94. The van der Waals surface area contributed by atoms with E-state index >= 15 is 0 Å². The van der Waals surface area contributed by atoms with Crippen molar-refractivity contribution in [2.24, 2.45) is 5.84 Å². The number of hydrogen-bond donors (Lipinski definition) is 2. The van der Waals surface area contributed by atoms with Crippen molar-refractivity contribution in [3.05, 3.63) is 65.7 Å². The van der Waals surface area contributed by atoms with E-state index in [9.17, 15) is 4.79 Å². The smallest absolute Gasteiger partial charge is 0.338 e. The standard InChI is InChI=1S/C14H14N2O2/c15-16-13-8-4-7-12(9-13)14(17)18-10-11-5-2-1-3-6-11/h1-9,16H,10,15H2. The van der Waals surface area contributed by atoms with Crippen molar-refractivity contribution in [1.82, 2.24) is 0 Å². The molecule has 0 unspecified atom stereocenters. The molecule has 0 aliphatic rings. The second kappa shape index (κ2) is 5.84. The van der Waals surface area contributed by atoms with Gasteiger partial charge in [0.2, 0.25) is 0 Å². The molecule has 2 aromatic rings. The normalized spacial score (nSPS) is 9.83. The summed E-state index contributed by atoms with van der Waals surface area (Å²) in [5.74, 6) is 4.92. The fraction of sp³-hybridized carbons (Fsp3) is 0.0714. The Balaban J connectivity index is 1.99. The molecule has 0 aromatic heterocycles. The highest BCUT2D eigenvalue weighted by Crippen LogP contribution is 2.11. The Labute approximate surface area is 105 Å². The van der Waals surface area contributed by atoms with Crippen molar-refractivity contribution < 1.29 is 9.53 Å². The quantitative estimate of drug-likeness (QED) is 0.490. The predicted octanol–water partition coefficient (Wildman–Crippen LogP) is 2.33. The maximum Gasteiger partial charge on any atom is 0.338 e. The van der Waals surface area contributed by atoms with Gasteiger partial charge in [0.05, 0.1) is 5.56 Å². The summed E-state index contributed by atoms with van der Waals surface area (Å²) in [5, 5.41) is 0. The maximum absolute atomic E-state index is 11.8. The Morgan fingerprint density at radius 1 is 1.11 bits per heavy atom. The van der Waals surface area contributed by atoms with E-state index in [1.807, 2.05) is 30.3 Å². The molecular weight excluding hydrogens is 228 g/mol. The van der Waals surface area contributed by atoms with Crippen LogP contribution in [-0.4, -0.2) is 5.97 Å². The van der Waals surface area contributed by atoms with Gasteiger partial charge in [-0.15, -0.1) is 0 Å². The Bertz CT molecular complexity index is 526. The van der Waals surface area contributed by atoms with Gasteiger partial charge in [0, 0.05) is 5.69 Å². The van der Waals surface area contributed by atoms with Crippen LogP contribution in [0, 0.1) is 0 Å². The van der Waals surface area contributed by atoms with Gasteiger partial charge in [-0.25, -0.2) is 4.79 Å². The minimum absolute atomic E-state index is 0.264. The molecule has 92 valence electrons. The van der Waals surface area contributed by atoms with Gasteiger partial charge in [0.25, 0.3) is 0 Å². The van der Waals surface area contributed by atoms with E-state index in [0.29, 0.717) is 11.3 Å². The SMILES string of the molecule is NNc1cccc(C(=O)OCc2ccccc2)c1. The maximum atomic E-state index is 11.8. The van der Waals surface area contributed by atoms with Gasteiger partial charge in [-0.05, 0) is 23.8 Å².